The van der Waals surface area contributed by atoms with Crippen molar-refractivity contribution >= 4 is 0 Å². The van der Waals surface area contributed by atoms with Crippen LogP contribution in [0.3, 0.4) is 0 Å². The molecule has 0 spiro atoms. The van der Waals surface area contributed by atoms with Gasteiger partial charge in [-0.1, -0.05) is 30.3 Å². The highest BCUT2D eigenvalue weighted by molar-refractivity contribution is 5.24. The van der Waals surface area contributed by atoms with E-state index in [1.165, 1.54) is 5.56 Å². The average Bonchev–Trinajstić information content (AvgIpc) is 2.29. The first-order valence-corrected chi connectivity index (χ1v) is 6.21. The molecule has 2 nitrogen and oxygen atoms in total. The quantitative estimate of drug-likeness (QED) is 0.785. The maximum atomic E-state index is 10.3. The Bertz CT molecular complexity index is 362. The van der Waals surface area contributed by atoms with Crippen LogP contribution in [-0.4, -0.2) is 10.9 Å². The number of ether oxygens (including phenoxy) is 1. The van der Waals surface area contributed by atoms with Crippen molar-refractivity contribution in [3.63, 3.8) is 0 Å². The molecule has 0 aliphatic carbocycles. The van der Waals surface area contributed by atoms with Gasteiger partial charge in [0.1, 0.15) is 0 Å². The Balaban J connectivity index is 1.98. The summed E-state index contributed by atoms with van der Waals surface area (Å²) in [5, 5.41) is 10.3. The number of fused-ring (bicyclic) bond motifs is 2. The molecule has 2 bridgehead atoms. The molecule has 0 saturated carbocycles. The third-order valence-corrected chi connectivity index (χ3v) is 3.98. The molecule has 2 heteroatoms. The third-order valence-electron chi connectivity index (χ3n) is 3.98. The van der Waals surface area contributed by atoms with E-state index in [2.05, 4.69) is 24.3 Å². The predicted molar refractivity (Wildman–Crippen MR) is 61.9 cm³/mol. The van der Waals surface area contributed by atoms with Gasteiger partial charge in [-0.2, -0.15) is 0 Å². The number of hydrogen-bond acceptors (Lipinski definition) is 2. The van der Waals surface area contributed by atoms with E-state index in [4.69, 9.17) is 4.74 Å². The number of aliphatic hydroxyl groups is 1. The smallest absolute Gasteiger partial charge is 0.166 e. The molecule has 0 radical (unpaired) electrons. The van der Waals surface area contributed by atoms with Gasteiger partial charge >= 0.3 is 0 Å². The van der Waals surface area contributed by atoms with Gasteiger partial charge in [0.15, 0.2) is 5.79 Å². The van der Waals surface area contributed by atoms with Crippen LogP contribution in [0.1, 0.15) is 44.1 Å². The highest BCUT2D eigenvalue weighted by Gasteiger charge is 2.48. The fraction of sp³-hybridized carbons (Fsp3) is 0.571. The largest absolute Gasteiger partial charge is 0.365 e. The summed E-state index contributed by atoms with van der Waals surface area (Å²) in [6.45, 7) is 0. The highest BCUT2D eigenvalue weighted by Crippen LogP contribution is 2.49. The fourth-order valence-electron chi connectivity index (χ4n) is 3.21. The molecule has 1 aromatic carbocycles. The van der Waals surface area contributed by atoms with E-state index in [-0.39, 0.29) is 5.60 Å². The Morgan fingerprint density at radius 3 is 2.19 bits per heavy atom. The second-order valence-electron chi connectivity index (χ2n) is 5.12. The standard InChI is InChI=1S/C14H18O2/c15-14-10-4-8-13(16-14,9-5-11-14)12-6-2-1-3-7-12/h1-3,6-7,15H,4-5,8-11H2. The lowest BCUT2D eigenvalue weighted by atomic mass is 9.76. The van der Waals surface area contributed by atoms with Crippen LogP contribution < -0.4 is 0 Å². The van der Waals surface area contributed by atoms with Gasteiger partial charge < -0.3 is 9.84 Å². The minimum Gasteiger partial charge on any atom is -0.365 e. The van der Waals surface area contributed by atoms with Gasteiger partial charge in [-0.05, 0) is 31.2 Å². The Hall–Kier alpha value is -0.860. The number of rotatable bonds is 1. The molecule has 2 aliphatic rings. The fourth-order valence-corrected chi connectivity index (χ4v) is 3.21. The Kier molecular flexibility index (Phi) is 2.30. The molecular weight excluding hydrogens is 200 g/mol. The molecule has 2 saturated heterocycles. The first kappa shape index (κ1) is 10.3. The van der Waals surface area contributed by atoms with Gasteiger partial charge in [0, 0.05) is 12.8 Å². The van der Waals surface area contributed by atoms with E-state index < -0.39 is 5.79 Å². The van der Waals surface area contributed by atoms with Crippen LogP contribution in [0.5, 0.6) is 0 Å². The second-order valence-corrected chi connectivity index (χ2v) is 5.12. The lowest BCUT2D eigenvalue weighted by molar-refractivity contribution is -0.320. The zero-order valence-corrected chi connectivity index (χ0v) is 9.48. The van der Waals surface area contributed by atoms with Crippen molar-refractivity contribution < 1.29 is 9.84 Å². The summed E-state index contributed by atoms with van der Waals surface area (Å²) in [4.78, 5) is 0. The van der Waals surface area contributed by atoms with Gasteiger partial charge in [0.05, 0.1) is 5.60 Å². The van der Waals surface area contributed by atoms with E-state index in [1.54, 1.807) is 0 Å². The molecule has 0 amide bonds. The first-order chi connectivity index (χ1) is 7.73. The van der Waals surface area contributed by atoms with Crippen molar-refractivity contribution in [1.29, 1.82) is 0 Å². The zero-order valence-electron chi connectivity index (χ0n) is 9.48. The monoisotopic (exact) mass is 218 g/mol. The average molecular weight is 218 g/mol. The summed E-state index contributed by atoms with van der Waals surface area (Å²) in [5.74, 6) is -0.855. The molecule has 0 aromatic heterocycles. The normalized spacial score (nSPS) is 38.3. The molecule has 16 heavy (non-hydrogen) atoms. The first-order valence-electron chi connectivity index (χ1n) is 6.21. The minimum absolute atomic E-state index is 0.216. The SMILES string of the molecule is OC12CCCC(c3ccccc3)(CCC1)O2. The predicted octanol–water partition coefficient (Wildman–Crippen LogP) is 2.95. The third kappa shape index (κ3) is 1.57. The second kappa shape index (κ2) is 3.57. The molecule has 1 aromatic rings. The van der Waals surface area contributed by atoms with Gasteiger partial charge in [-0.3, -0.25) is 0 Å². The van der Waals surface area contributed by atoms with E-state index in [1.807, 2.05) is 6.07 Å². The van der Waals surface area contributed by atoms with Gasteiger partial charge in [0.25, 0.3) is 0 Å². The lowest BCUT2D eigenvalue weighted by Gasteiger charge is -2.50. The van der Waals surface area contributed by atoms with E-state index in [0.29, 0.717) is 0 Å². The summed E-state index contributed by atoms with van der Waals surface area (Å²) in [6.07, 6.45) is 5.79. The van der Waals surface area contributed by atoms with Crippen LogP contribution in [-0.2, 0) is 10.3 Å². The van der Waals surface area contributed by atoms with Gasteiger partial charge in [0.2, 0.25) is 0 Å². The summed E-state index contributed by atoms with van der Waals surface area (Å²) in [6, 6.07) is 10.4. The Morgan fingerprint density at radius 2 is 1.56 bits per heavy atom. The summed E-state index contributed by atoms with van der Waals surface area (Å²) in [5.41, 5.74) is 1.01. The van der Waals surface area contributed by atoms with Gasteiger partial charge in [-0.25, -0.2) is 0 Å². The van der Waals surface area contributed by atoms with Crippen molar-refractivity contribution in [3.05, 3.63) is 35.9 Å². The van der Waals surface area contributed by atoms with Crippen molar-refractivity contribution in [2.75, 3.05) is 0 Å². The van der Waals surface area contributed by atoms with Crippen LogP contribution in [0.25, 0.3) is 0 Å². The van der Waals surface area contributed by atoms with Crippen LogP contribution in [0, 0.1) is 0 Å². The molecule has 3 rings (SSSR count). The molecule has 2 fully saturated rings. The topological polar surface area (TPSA) is 29.5 Å². The molecule has 1 N–H and O–H groups in total. The van der Waals surface area contributed by atoms with E-state index in [9.17, 15) is 5.11 Å². The Labute approximate surface area is 96.2 Å². The molecular formula is C14H18O2. The number of benzene rings is 1. The van der Waals surface area contributed by atoms with Crippen molar-refractivity contribution in [2.24, 2.45) is 0 Å². The maximum Gasteiger partial charge on any atom is 0.166 e. The highest BCUT2D eigenvalue weighted by atomic mass is 16.6. The van der Waals surface area contributed by atoms with Crippen molar-refractivity contribution in [1.82, 2.24) is 0 Å². The zero-order chi connectivity index (χ0) is 11.1. The van der Waals surface area contributed by atoms with Crippen LogP contribution in [0.4, 0.5) is 0 Å². The number of hydrogen-bond donors (Lipinski definition) is 1. The van der Waals surface area contributed by atoms with Crippen LogP contribution in [0.2, 0.25) is 0 Å². The Morgan fingerprint density at radius 1 is 0.938 bits per heavy atom. The van der Waals surface area contributed by atoms with Crippen molar-refractivity contribution in [3.8, 4) is 0 Å². The lowest BCUT2D eigenvalue weighted by Crippen LogP contribution is -2.50. The van der Waals surface area contributed by atoms with Crippen molar-refractivity contribution in [2.45, 2.75) is 49.9 Å². The minimum atomic E-state index is -0.855. The molecule has 0 atom stereocenters. The van der Waals surface area contributed by atoms with Crippen LogP contribution in [0.15, 0.2) is 30.3 Å². The summed E-state index contributed by atoms with van der Waals surface area (Å²) >= 11 is 0. The van der Waals surface area contributed by atoms with E-state index in [0.717, 1.165) is 38.5 Å². The van der Waals surface area contributed by atoms with Gasteiger partial charge in [-0.15, -0.1) is 0 Å². The summed E-state index contributed by atoms with van der Waals surface area (Å²) < 4.78 is 6.04. The van der Waals surface area contributed by atoms with Crippen LogP contribution >= 0.6 is 0 Å². The molecule has 86 valence electrons. The maximum absolute atomic E-state index is 10.3. The molecule has 2 heterocycles. The molecule has 2 aliphatic heterocycles. The summed E-state index contributed by atoms with van der Waals surface area (Å²) in [7, 11) is 0. The molecule has 0 unspecified atom stereocenters. The van der Waals surface area contributed by atoms with E-state index >= 15 is 0 Å².